The Kier molecular flexibility index (Phi) is 5.76. The Balaban J connectivity index is 1.51. The minimum absolute atomic E-state index is 0.411. The molecule has 0 saturated carbocycles. The van der Waals surface area contributed by atoms with Gasteiger partial charge < -0.3 is 15.4 Å². The maximum Gasteiger partial charge on any atom is 0.191 e. The van der Waals surface area contributed by atoms with Crippen LogP contribution in [0.15, 0.2) is 11.2 Å². The lowest BCUT2D eigenvalue weighted by atomic mass is 9.94. The Hall–Kier alpha value is -1.56. The van der Waals surface area contributed by atoms with Gasteiger partial charge in [0, 0.05) is 51.5 Å². The van der Waals surface area contributed by atoms with Crippen molar-refractivity contribution in [1.29, 1.82) is 0 Å². The van der Waals surface area contributed by atoms with Crippen molar-refractivity contribution in [2.45, 2.75) is 58.0 Å². The van der Waals surface area contributed by atoms with Gasteiger partial charge in [-0.05, 0) is 51.0 Å². The van der Waals surface area contributed by atoms with Crippen LogP contribution in [0.3, 0.4) is 0 Å². The van der Waals surface area contributed by atoms with E-state index in [9.17, 15) is 0 Å². The molecule has 1 aliphatic heterocycles. The lowest BCUT2D eigenvalue weighted by Gasteiger charge is -2.27. The van der Waals surface area contributed by atoms with Gasteiger partial charge in [-0.1, -0.05) is 0 Å². The van der Waals surface area contributed by atoms with Crippen LogP contribution < -0.4 is 10.6 Å². The lowest BCUT2D eigenvalue weighted by molar-refractivity contribution is 0.0675. The fraction of sp³-hybridized carbons (Fsp3) is 0.778. The van der Waals surface area contributed by atoms with Crippen molar-refractivity contribution < 1.29 is 4.74 Å². The van der Waals surface area contributed by atoms with Crippen LogP contribution in [-0.4, -0.2) is 48.6 Å². The summed E-state index contributed by atoms with van der Waals surface area (Å²) in [5.41, 5.74) is 2.65. The Bertz CT molecular complexity index is 560. The molecule has 1 aromatic rings. The number of nitrogens with one attached hydrogen (secondary N) is 2. The molecule has 0 radical (unpaired) electrons. The topological polar surface area (TPSA) is 63.5 Å². The Labute approximate surface area is 145 Å². The van der Waals surface area contributed by atoms with Crippen LogP contribution in [0.4, 0.5) is 0 Å². The number of hydrogen-bond acceptors (Lipinski definition) is 3. The molecule has 3 rings (SSSR count). The van der Waals surface area contributed by atoms with Crippen LogP contribution in [0, 0.1) is 5.92 Å². The van der Waals surface area contributed by atoms with Gasteiger partial charge in [-0.15, -0.1) is 0 Å². The molecule has 2 aliphatic rings. The summed E-state index contributed by atoms with van der Waals surface area (Å²) in [6, 6.07) is 0.838. The molecule has 0 amide bonds. The van der Waals surface area contributed by atoms with Gasteiger partial charge >= 0.3 is 0 Å². The Morgan fingerprint density at radius 2 is 2.17 bits per heavy atom. The molecule has 1 aromatic heterocycles. The van der Waals surface area contributed by atoms with E-state index >= 15 is 0 Å². The third-order valence-electron chi connectivity index (χ3n) is 5.09. The molecule has 134 valence electrons. The molecular formula is C18H31N5O. The zero-order chi connectivity index (χ0) is 16.9. The van der Waals surface area contributed by atoms with Crippen molar-refractivity contribution in [3.8, 4) is 0 Å². The van der Waals surface area contributed by atoms with Crippen LogP contribution >= 0.6 is 0 Å². The fourth-order valence-electron chi connectivity index (χ4n) is 3.48. The Morgan fingerprint density at radius 1 is 1.38 bits per heavy atom. The van der Waals surface area contributed by atoms with Crippen molar-refractivity contribution in [1.82, 2.24) is 20.4 Å². The van der Waals surface area contributed by atoms with E-state index in [1.54, 1.807) is 0 Å². The molecule has 1 atom stereocenters. The summed E-state index contributed by atoms with van der Waals surface area (Å²) in [5, 5.41) is 11.8. The van der Waals surface area contributed by atoms with E-state index in [2.05, 4.69) is 40.4 Å². The SMILES string of the molecule is CN=C(NCC1CCOCC1)NC1CCc2cn(C(C)C)nc2C1. The van der Waals surface area contributed by atoms with Crippen LogP contribution in [0.5, 0.6) is 0 Å². The highest BCUT2D eigenvalue weighted by molar-refractivity contribution is 5.80. The first-order valence-electron chi connectivity index (χ1n) is 9.27. The minimum atomic E-state index is 0.411. The number of hydrogen-bond donors (Lipinski definition) is 2. The van der Waals surface area contributed by atoms with Gasteiger partial charge in [0.05, 0.1) is 5.69 Å². The van der Waals surface area contributed by atoms with E-state index in [0.29, 0.717) is 18.0 Å². The summed E-state index contributed by atoms with van der Waals surface area (Å²) in [4.78, 5) is 4.39. The zero-order valence-corrected chi connectivity index (χ0v) is 15.2. The predicted molar refractivity (Wildman–Crippen MR) is 96.5 cm³/mol. The molecule has 1 fully saturated rings. The van der Waals surface area contributed by atoms with Gasteiger partial charge in [0.25, 0.3) is 0 Å². The molecule has 0 spiro atoms. The molecule has 1 aliphatic carbocycles. The van der Waals surface area contributed by atoms with E-state index in [4.69, 9.17) is 9.84 Å². The molecule has 1 unspecified atom stereocenters. The van der Waals surface area contributed by atoms with Gasteiger partial charge in [-0.3, -0.25) is 9.67 Å². The van der Waals surface area contributed by atoms with Gasteiger partial charge in [0.2, 0.25) is 0 Å². The van der Waals surface area contributed by atoms with E-state index in [1.165, 1.54) is 11.3 Å². The molecule has 2 heterocycles. The highest BCUT2D eigenvalue weighted by atomic mass is 16.5. The van der Waals surface area contributed by atoms with Gasteiger partial charge in [-0.25, -0.2) is 0 Å². The number of aryl methyl sites for hydroxylation is 1. The average molecular weight is 333 g/mol. The van der Waals surface area contributed by atoms with E-state index in [-0.39, 0.29) is 0 Å². The number of aromatic nitrogens is 2. The van der Waals surface area contributed by atoms with Crippen molar-refractivity contribution >= 4 is 5.96 Å². The second kappa shape index (κ2) is 8.01. The second-order valence-electron chi connectivity index (χ2n) is 7.27. The third-order valence-corrected chi connectivity index (χ3v) is 5.09. The molecule has 2 N–H and O–H groups in total. The highest BCUT2D eigenvalue weighted by Gasteiger charge is 2.23. The first kappa shape index (κ1) is 17.3. The maximum atomic E-state index is 5.42. The summed E-state index contributed by atoms with van der Waals surface area (Å²) in [7, 11) is 1.85. The van der Waals surface area contributed by atoms with Crippen LogP contribution in [0.2, 0.25) is 0 Å². The van der Waals surface area contributed by atoms with Crippen molar-refractivity contribution in [3.63, 3.8) is 0 Å². The largest absolute Gasteiger partial charge is 0.381 e. The summed E-state index contributed by atoms with van der Waals surface area (Å²) in [6.45, 7) is 7.11. The summed E-state index contributed by atoms with van der Waals surface area (Å²) < 4.78 is 7.51. The maximum absolute atomic E-state index is 5.42. The van der Waals surface area contributed by atoms with Crippen LogP contribution in [0.25, 0.3) is 0 Å². The number of aliphatic imine (C=N–C) groups is 1. The monoisotopic (exact) mass is 333 g/mol. The van der Waals surface area contributed by atoms with Crippen LogP contribution in [-0.2, 0) is 17.6 Å². The van der Waals surface area contributed by atoms with Crippen molar-refractivity contribution in [2.75, 3.05) is 26.8 Å². The molecule has 0 aromatic carbocycles. The Morgan fingerprint density at radius 3 is 2.88 bits per heavy atom. The smallest absolute Gasteiger partial charge is 0.191 e. The lowest BCUT2D eigenvalue weighted by Crippen LogP contribution is -2.47. The first-order chi connectivity index (χ1) is 11.7. The predicted octanol–water partition coefficient (Wildman–Crippen LogP) is 1.91. The average Bonchev–Trinajstić information content (AvgIpc) is 3.03. The number of nitrogens with zero attached hydrogens (tertiary/aromatic N) is 3. The minimum Gasteiger partial charge on any atom is -0.381 e. The van der Waals surface area contributed by atoms with E-state index in [1.807, 2.05) is 7.05 Å². The number of rotatable bonds is 4. The summed E-state index contributed by atoms with van der Waals surface area (Å²) in [5.74, 6) is 1.61. The number of ether oxygens (including phenoxy) is 1. The number of fused-ring (bicyclic) bond motifs is 1. The molecule has 1 saturated heterocycles. The first-order valence-corrected chi connectivity index (χ1v) is 9.27. The van der Waals surface area contributed by atoms with Gasteiger partial charge in [-0.2, -0.15) is 5.10 Å². The van der Waals surface area contributed by atoms with Crippen LogP contribution in [0.1, 0.15) is 50.4 Å². The number of guanidine groups is 1. The van der Waals surface area contributed by atoms with Crippen molar-refractivity contribution in [3.05, 3.63) is 17.5 Å². The highest BCUT2D eigenvalue weighted by Crippen LogP contribution is 2.21. The van der Waals surface area contributed by atoms with E-state index < -0.39 is 0 Å². The van der Waals surface area contributed by atoms with E-state index in [0.717, 1.165) is 57.8 Å². The quantitative estimate of drug-likeness (QED) is 0.653. The zero-order valence-electron chi connectivity index (χ0n) is 15.2. The molecule has 24 heavy (non-hydrogen) atoms. The fourth-order valence-corrected chi connectivity index (χ4v) is 3.48. The third kappa shape index (κ3) is 4.29. The van der Waals surface area contributed by atoms with Gasteiger partial charge in [0.1, 0.15) is 0 Å². The molecule has 0 bridgehead atoms. The second-order valence-corrected chi connectivity index (χ2v) is 7.27. The molecule has 6 heteroatoms. The molecule has 6 nitrogen and oxygen atoms in total. The van der Waals surface area contributed by atoms with Gasteiger partial charge in [0.15, 0.2) is 5.96 Å². The molecular weight excluding hydrogens is 302 g/mol. The summed E-state index contributed by atoms with van der Waals surface area (Å²) >= 11 is 0. The standard InChI is InChI=1S/C18H31N5O/c1-13(2)23-12-15-4-5-16(10-17(15)22-23)21-18(19-3)20-11-14-6-8-24-9-7-14/h12-14,16H,4-11H2,1-3H3,(H2,19,20,21). The normalized spacial score (nSPS) is 22.5. The van der Waals surface area contributed by atoms with Crippen molar-refractivity contribution in [2.24, 2.45) is 10.9 Å². The summed E-state index contributed by atoms with van der Waals surface area (Å²) in [6.07, 6.45) is 7.71.